The van der Waals surface area contributed by atoms with Crippen molar-refractivity contribution < 1.29 is 14.6 Å². The molecule has 0 fully saturated rings. The number of rotatable bonds is 6. The van der Waals surface area contributed by atoms with E-state index in [-0.39, 0.29) is 18.2 Å². The summed E-state index contributed by atoms with van der Waals surface area (Å²) in [4.78, 5) is 11.9. The highest BCUT2D eigenvalue weighted by Crippen LogP contribution is 2.38. The molecule has 1 amide bonds. The molecule has 0 saturated heterocycles. The van der Waals surface area contributed by atoms with Gasteiger partial charge in [0.15, 0.2) is 12.3 Å². The number of carbonyl (C=O) groups excluding carboxylic acids is 1. The Bertz CT molecular complexity index is 930. The third-order valence-corrected chi connectivity index (χ3v) is 3.60. The van der Waals surface area contributed by atoms with Crippen molar-refractivity contribution in [3.05, 3.63) is 67.3 Å². The molecule has 0 unspecified atom stereocenters. The van der Waals surface area contributed by atoms with Crippen molar-refractivity contribution in [3.8, 4) is 11.6 Å². The second-order valence-electron chi connectivity index (χ2n) is 5.28. The number of carbonyl (C=O) groups is 1. The summed E-state index contributed by atoms with van der Waals surface area (Å²) < 4.78 is 6.99. The van der Waals surface area contributed by atoms with Crippen LogP contribution < -0.4 is 4.74 Å². The summed E-state index contributed by atoms with van der Waals surface area (Å²) in [6, 6.07) is 16.3. The minimum absolute atomic E-state index is 0.0540. The van der Waals surface area contributed by atoms with E-state index in [0.717, 1.165) is 5.52 Å². The summed E-state index contributed by atoms with van der Waals surface area (Å²) in [7, 11) is 0. The maximum atomic E-state index is 11.9. The predicted octanol–water partition coefficient (Wildman–Crippen LogP) is 4.22. The summed E-state index contributed by atoms with van der Waals surface area (Å²) in [5, 5.41) is 18.7. The Morgan fingerprint density at radius 2 is 1.88 bits per heavy atom. The van der Waals surface area contributed by atoms with Crippen molar-refractivity contribution >= 4 is 22.5 Å². The predicted molar refractivity (Wildman–Crippen MR) is 95.3 cm³/mol. The monoisotopic (exact) mass is 335 g/mol. The number of ether oxygens (including phenoxy) is 1. The van der Waals surface area contributed by atoms with Gasteiger partial charge >= 0.3 is 5.91 Å². The smallest absolute Gasteiger partial charge is 0.302 e. The highest BCUT2D eigenvalue weighted by atomic mass is 16.5. The molecule has 3 aromatic rings. The van der Waals surface area contributed by atoms with Gasteiger partial charge in [0.25, 0.3) is 0 Å². The number of allylic oxidation sites excluding steroid dienone is 1. The largest absolute Gasteiger partial charge is 0.493 e. The van der Waals surface area contributed by atoms with E-state index in [2.05, 4.69) is 16.8 Å². The molecule has 1 aromatic heterocycles. The van der Waals surface area contributed by atoms with E-state index in [0.29, 0.717) is 17.7 Å². The lowest BCUT2D eigenvalue weighted by molar-refractivity contribution is -0.120. The van der Waals surface area contributed by atoms with Crippen LogP contribution in [0.5, 0.6) is 11.6 Å². The van der Waals surface area contributed by atoms with Crippen molar-refractivity contribution in [2.24, 2.45) is 10.2 Å². The minimum atomic E-state index is -0.538. The van der Waals surface area contributed by atoms with Gasteiger partial charge in [-0.3, -0.25) is 4.79 Å². The average Bonchev–Trinajstić information content (AvgIpc) is 2.91. The van der Waals surface area contributed by atoms with Crippen LogP contribution in [0.2, 0.25) is 0 Å². The van der Waals surface area contributed by atoms with Gasteiger partial charge in [-0.2, -0.15) is 0 Å². The lowest BCUT2D eigenvalue weighted by atomic mass is 10.2. The Kier molecular flexibility index (Phi) is 4.89. The van der Waals surface area contributed by atoms with Gasteiger partial charge in [-0.1, -0.05) is 42.5 Å². The van der Waals surface area contributed by atoms with Crippen LogP contribution in [0, 0.1) is 0 Å². The van der Waals surface area contributed by atoms with E-state index in [9.17, 15) is 9.90 Å². The molecule has 1 N–H and O–H groups in total. The molecule has 0 spiro atoms. The molecule has 3 rings (SSSR count). The van der Waals surface area contributed by atoms with Crippen LogP contribution in [0.25, 0.3) is 10.9 Å². The van der Waals surface area contributed by atoms with E-state index in [4.69, 9.17) is 4.74 Å². The van der Waals surface area contributed by atoms with Crippen molar-refractivity contribution in [3.63, 3.8) is 0 Å². The number of amides is 1. The molecule has 0 aliphatic rings. The number of hydrogen-bond acceptors (Lipinski definition) is 4. The van der Waals surface area contributed by atoms with Crippen LogP contribution in [0.3, 0.4) is 0 Å². The van der Waals surface area contributed by atoms with Crippen LogP contribution >= 0.6 is 0 Å². The molecular weight excluding hydrogens is 318 g/mol. The second kappa shape index (κ2) is 7.44. The third kappa shape index (κ3) is 3.58. The van der Waals surface area contributed by atoms with Crippen LogP contribution in [0.4, 0.5) is 5.69 Å². The summed E-state index contributed by atoms with van der Waals surface area (Å²) in [6.45, 7) is 3.88. The first kappa shape index (κ1) is 16.4. The topological polar surface area (TPSA) is 76.2 Å². The molecule has 6 nitrogen and oxygen atoms in total. The maximum absolute atomic E-state index is 11.9. The van der Waals surface area contributed by atoms with E-state index in [1.807, 2.05) is 42.5 Å². The van der Waals surface area contributed by atoms with Gasteiger partial charge in [0.2, 0.25) is 5.88 Å². The molecule has 2 aromatic carbocycles. The zero-order valence-electron chi connectivity index (χ0n) is 13.5. The Hall–Kier alpha value is -3.41. The van der Waals surface area contributed by atoms with E-state index in [1.165, 1.54) is 0 Å². The third-order valence-electron chi connectivity index (χ3n) is 3.60. The zero-order valence-corrected chi connectivity index (χ0v) is 13.5. The Morgan fingerprint density at radius 1 is 1.16 bits per heavy atom. The van der Waals surface area contributed by atoms with Crippen molar-refractivity contribution in [2.75, 3.05) is 6.61 Å². The Morgan fingerprint density at radius 3 is 2.64 bits per heavy atom. The van der Waals surface area contributed by atoms with Crippen LogP contribution in [0.1, 0.15) is 0 Å². The van der Waals surface area contributed by atoms with Gasteiger partial charge in [0.05, 0.1) is 5.52 Å². The fourth-order valence-corrected chi connectivity index (χ4v) is 2.48. The first-order valence-corrected chi connectivity index (χ1v) is 7.74. The van der Waals surface area contributed by atoms with Gasteiger partial charge in [0.1, 0.15) is 5.75 Å². The fourth-order valence-electron chi connectivity index (χ4n) is 2.48. The van der Waals surface area contributed by atoms with Crippen molar-refractivity contribution in [2.45, 2.75) is 6.54 Å². The molecular formula is C19H17N3O3. The van der Waals surface area contributed by atoms with Crippen LogP contribution in [-0.2, 0) is 11.3 Å². The number of aromatic nitrogens is 1. The van der Waals surface area contributed by atoms with Crippen LogP contribution in [-0.4, -0.2) is 22.2 Å². The molecule has 0 atom stereocenters. The molecule has 1 heterocycles. The molecule has 0 aliphatic carbocycles. The van der Waals surface area contributed by atoms with E-state index < -0.39 is 5.91 Å². The lowest BCUT2D eigenvalue weighted by Gasteiger charge is -2.02. The van der Waals surface area contributed by atoms with E-state index >= 15 is 0 Å². The standard InChI is InChI=1S/C19H17N3O3/c1-2-12-22-16-11-7-6-10-15(16)18(19(22)24)21-20-17(23)13-25-14-8-4-3-5-9-14/h2-11,24H,1,12-13H2. The quantitative estimate of drug-likeness (QED) is 0.541. The zero-order chi connectivity index (χ0) is 17.6. The summed E-state index contributed by atoms with van der Waals surface area (Å²) in [5.41, 5.74) is 1.05. The van der Waals surface area contributed by atoms with Crippen molar-refractivity contribution in [1.29, 1.82) is 0 Å². The highest BCUT2D eigenvalue weighted by molar-refractivity contribution is 5.95. The van der Waals surface area contributed by atoms with Gasteiger partial charge < -0.3 is 14.4 Å². The van der Waals surface area contributed by atoms with Gasteiger partial charge in [-0.15, -0.1) is 16.8 Å². The second-order valence-corrected chi connectivity index (χ2v) is 5.28. The number of fused-ring (bicyclic) bond motifs is 1. The van der Waals surface area contributed by atoms with Crippen LogP contribution in [0.15, 0.2) is 77.5 Å². The summed E-state index contributed by atoms with van der Waals surface area (Å²) >= 11 is 0. The molecule has 0 radical (unpaired) electrons. The molecule has 0 aliphatic heterocycles. The minimum Gasteiger partial charge on any atom is -0.493 e. The Labute approximate surface area is 144 Å². The number of aromatic hydroxyl groups is 1. The first-order valence-electron chi connectivity index (χ1n) is 7.74. The molecule has 0 saturated carbocycles. The van der Waals surface area contributed by atoms with Gasteiger partial charge in [-0.25, -0.2) is 0 Å². The SMILES string of the molecule is C=CCn1c(O)c(N=NC(=O)COc2ccccc2)c2ccccc21. The lowest BCUT2D eigenvalue weighted by Crippen LogP contribution is -2.07. The summed E-state index contributed by atoms with van der Waals surface area (Å²) in [6.07, 6.45) is 1.67. The summed E-state index contributed by atoms with van der Waals surface area (Å²) in [5.74, 6) is -0.0121. The van der Waals surface area contributed by atoms with Gasteiger partial charge in [0, 0.05) is 11.9 Å². The fraction of sp³-hybridized carbons (Fsp3) is 0.105. The highest BCUT2D eigenvalue weighted by Gasteiger charge is 2.15. The number of para-hydroxylation sites is 2. The molecule has 25 heavy (non-hydrogen) atoms. The number of azo groups is 1. The maximum Gasteiger partial charge on any atom is 0.302 e. The van der Waals surface area contributed by atoms with Crippen molar-refractivity contribution in [1.82, 2.24) is 4.57 Å². The number of nitrogens with zero attached hydrogens (tertiary/aromatic N) is 3. The average molecular weight is 335 g/mol. The van der Waals surface area contributed by atoms with Gasteiger partial charge in [-0.05, 0) is 18.2 Å². The normalized spacial score (nSPS) is 11.0. The molecule has 6 heteroatoms. The molecule has 126 valence electrons. The number of benzene rings is 2. The first-order chi connectivity index (χ1) is 12.2. The number of hydrogen-bond donors (Lipinski definition) is 1. The molecule has 0 bridgehead atoms. The van der Waals surface area contributed by atoms with E-state index in [1.54, 1.807) is 22.8 Å². The Balaban J connectivity index is 1.80.